The number of aryl methyl sites for hydroxylation is 2. The first-order valence-corrected chi connectivity index (χ1v) is 9.07. The van der Waals surface area contributed by atoms with Crippen LogP contribution < -0.4 is 21.3 Å². The zero-order valence-electron chi connectivity index (χ0n) is 14.6. The molecule has 0 spiro atoms. The maximum Gasteiger partial charge on any atom is 0.319 e. The fraction of sp³-hybridized carbons (Fsp3) is 0.350. The predicted octanol–water partition coefficient (Wildman–Crippen LogP) is 2.37. The first-order chi connectivity index (χ1) is 12.6. The van der Waals surface area contributed by atoms with E-state index in [1.807, 2.05) is 18.2 Å². The number of aliphatic hydroxyl groups is 1. The summed E-state index contributed by atoms with van der Waals surface area (Å²) < 4.78 is 0. The first-order valence-electron chi connectivity index (χ1n) is 9.07. The monoisotopic (exact) mass is 352 g/mol. The van der Waals surface area contributed by atoms with Crippen LogP contribution in [0.4, 0.5) is 21.9 Å². The SMILES string of the molecule is O=C(NC[C@]1(O)CCNC1)Nc1ccc2c(c1)Nc1ccccc1CC2. The van der Waals surface area contributed by atoms with Gasteiger partial charge in [0.1, 0.15) is 0 Å². The molecular weight excluding hydrogens is 328 g/mol. The van der Waals surface area contributed by atoms with Crippen LogP contribution in [0.15, 0.2) is 42.5 Å². The summed E-state index contributed by atoms with van der Waals surface area (Å²) in [5.41, 5.74) is 4.55. The van der Waals surface area contributed by atoms with Gasteiger partial charge < -0.3 is 26.4 Å². The molecule has 2 amide bonds. The molecule has 0 saturated carbocycles. The van der Waals surface area contributed by atoms with E-state index >= 15 is 0 Å². The summed E-state index contributed by atoms with van der Waals surface area (Å²) in [5, 5.41) is 22.5. The molecule has 2 heterocycles. The maximum absolute atomic E-state index is 12.2. The van der Waals surface area contributed by atoms with Crippen molar-refractivity contribution < 1.29 is 9.90 Å². The van der Waals surface area contributed by atoms with E-state index in [1.54, 1.807) is 0 Å². The Bertz CT molecular complexity index is 815. The molecule has 26 heavy (non-hydrogen) atoms. The van der Waals surface area contributed by atoms with Crippen molar-refractivity contribution in [1.82, 2.24) is 10.6 Å². The topological polar surface area (TPSA) is 85.4 Å². The van der Waals surface area contributed by atoms with Gasteiger partial charge in [0.25, 0.3) is 0 Å². The lowest BCUT2D eigenvalue weighted by atomic mass is 10.0. The molecule has 6 heteroatoms. The molecule has 2 aliphatic heterocycles. The van der Waals surface area contributed by atoms with Gasteiger partial charge in [-0.2, -0.15) is 0 Å². The number of amides is 2. The Labute approximate surface area is 153 Å². The van der Waals surface area contributed by atoms with Gasteiger partial charge in [0, 0.05) is 30.2 Å². The van der Waals surface area contributed by atoms with Crippen LogP contribution in [-0.4, -0.2) is 36.4 Å². The van der Waals surface area contributed by atoms with Gasteiger partial charge in [0.05, 0.1) is 5.60 Å². The molecule has 0 aliphatic carbocycles. The van der Waals surface area contributed by atoms with Gasteiger partial charge in [-0.3, -0.25) is 0 Å². The average molecular weight is 352 g/mol. The highest BCUT2D eigenvalue weighted by atomic mass is 16.3. The Morgan fingerprint density at radius 1 is 1.12 bits per heavy atom. The standard InChI is InChI=1S/C20H24N4O2/c25-19(22-13-20(26)9-10-21-12-20)23-16-8-7-15-6-5-14-3-1-2-4-17(14)24-18(15)11-16/h1-4,7-8,11,21,24,26H,5-6,9-10,12-13H2,(H2,22,23,25)/t20-/m0/s1. The summed E-state index contributed by atoms with van der Waals surface area (Å²) in [7, 11) is 0. The van der Waals surface area contributed by atoms with Gasteiger partial charge in [-0.1, -0.05) is 24.3 Å². The van der Waals surface area contributed by atoms with Crippen molar-refractivity contribution in [3.63, 3.8) is 0 Å². The third-order valence-corrected chi connectivity index (χ3v) is 5.12. The molecule has 0 bridgehead atoms. The molecule has 1 saturated heterocycles. The van der Waals surface area contributed by atoms with E-state index in [0.717, 1.165) is 36.4 Å². The third-order valence-electron chi connectivity index (χ3n) is 5.12. The zero-order valence-corrected chi connectivity index (χ0v) is 14.6. The molecule has 2 aromatic carbocycles. The van der Waals surface area contributed by atoms with Crippen LogP contribution in [0.1, 0.15) is 17.5 Å². The average Bonchev–Trinajstić information content (AvgIpc) is 2.98. The number of nitrogens with one attached hydrogen (secondary N) is 4. The molecular formula is C20H24N4O2. The van der Waals surface area contributed by atoms with Crippen LogP contribution >= 0.6 is 0 Å². The number of carbonyl (C=O) groups is 1. The van der Waals surface area contributed by atoms with E-state index < -0.39 is 5.60 Å². The van der Waals surface area contributed by atoms with Crippen molar-refractivity contribution in [2.45, 2.75) is 24.9 Å². The number of hydrogen-bond donors (Lipinski definition) is 5. The fourth-order valence-electron chi connectivity index (χ4n) is 3.56. The van der Waals surface area contributed by atoms with E-state index in [1.165, 1.54) is 11.1 Å². The van der Waals surface area contributed by atoms with Crippen LogP contribution in [-0.2, 0) is 12.8 Å². The lowest BCUT2D eigenvalue weighted by Gasteiger charge is -2.21. The minimum Gasteiger partial charge on any atom is -0.387 e. The summed E-state index contributed by atoms with van der Waals surface area (Å²) in [6.45, 7) is 1.52. The van der Waals surface area contributed by atoms with Crippen molar-refractivity contribution in [2.75, 3.05) is 30.3 Å². The molecule has 5 N–H and O–H groups in total. The van der Waals surface area contributed by atoms with Gasteiger partial charge >= 0.3 is 6.03 Å². The number of rotatable bonds is 3. The van der Waals surface area contributed by atoms with E-state index in [9.17, 15) is 9.90 Å². The van der Waals surface area contributed by atoms with E-state index in [0.29, 0.717) is 13.0 Å². The smallest absolute Gasteiger partial charge is 0.319 e. The van der Waals surface area contributed by atoms with Crippen LogP contribution in [0.25, 0.3) is 0 Å². The normalized spacial score (nSPS) is 21.1. The van der Waals surface area contributed by atoms with Crippen LogP contribution in [0.2, 0.25) is 0 Å². The Morgan fingerprint density at radius 2 is 1.92 bits per heavy atom. The van der Waals surface area contributed by atoms with Gasteiger partial charge in [0.2, 0.25) is 0 Å². The predicted molar refractivity (Wildman–Crippen MR) is 103 cm³/mol. The second-order valence-electron chi connectivity index (χ2n) is 7.11. The lowest BCUT2D eigenvalue weighted by Crippen LogP contribution is -2.45. The van der Waals surface area contributed by atoms with E-state index in [4.69, 9.17) is 0 Å². The second kappa shape index (κ2) is 6.97. The Kier molecular flexibility index (Phi) is 4.53. The van der Waals surface area contributed by atoms with Crippen LogP contribution in [0.5, 0.6) is 0 Å². The molecule has 1 fully saturated rings. The Balaban J connectivity index is 1.42. The molecule has 0 unspecified atom stereocenters. The van der Waals surface area contributed by atoms with Crippen molar-refractivity contribution >= 4 is 23.1 Å². The molecule has 0 aromatic heterocycles. The highest BCUT2D eigenvalue weighted by Gasteiger charge is 2.31. The largest absolute Gasteiger partial charge is 0.387 e. The first kappa shape index (κ1) is 16.9. The number of β-amino-alcohol motifs (C(OH)–C–C–N with tert-alkyl or cyclic N) is 1. The summed E-state index contributed by atoms with van der Waals surface area (Å²) in [6, 6.07) is 13.9. The molecule has 4 rings (SSSR count). The molecule has 0 radical (unpaired) electrons. The van der Waals surface area contributed by atoms with Crippen molar-refractivity contribution in [2.24, 2.45) is 0 Å². The van der Waals surface area contributed by atoms with Crippen LogP contribution in [0, 0.1) is 0 Å². The number of carbonyl (C=O) groups excluding carboxylic acids is 1. The minimum absolute atomic E-state index is 0.238. The fourth-order valence-corrected chi connectivity index (χ4v) is 3.56. The zero-order chi connectivity index (χ0) is 18.0. The number of anilines is 3. The lowest BCUT2D eigenvalue weighted by molar-refractivity contribution is 0.0640. The number of fused-ring (bicyclic) bond motifs is 2. The van der Waals surface area contributed by atoms with Gasteiger partial charge in [-0.15, -0.1) is 0 Å². The second-order valence-corrected chi connectivity index (χ2v) is 7.11. The number of benzene rings is 2. The Morgan fingerprint density at radius 3 is 2.73 bits per heavy atom. The third kappa shape index (κ3) is 3.66. The van der Waals surface area contributed by atoms with Gasteiger partial charge in [-0.05, 0) is 55.1 Å². The Hall–Kier alpha value is -2.57. The van der Waals surface area contributed by atoms with E-state index in [-0.39, 0.29) is 12.6 Å². The number of para-hydroxylation sites is 1. The van der Waals surface area contributed by atoms with Gasteiger partial charge in [0.15, 0.2) is 0 Å². The minimum atomic E-state index is -0.851. The maximum atomic E-state index is 12.2. The molecule has 2 aromatic rings. The van der Waals surface area contributed by atoms with Crippen molar-refractivity contribution in [3.05, 3.63) is 53.6 Å². The molecule has 136 valence electrons. The molecule has 1 atom stereocenters. The van der Waals surface area contributed by atoms with Crippen molar-refractivity contribution in [1.29, 1.82) is 0 Å². The summed E-state index contributed by atoms with van der Waals surface area (Å²) >= 11 is 0. The van der Waals surface area contributed by atoms with Gasteiger partial charge in [-0.25, -0.2) is 4.79 Å². The van der Waals surface area contributed by atoms with E-state index in [2.05, 4.69) is 45.5 Å². The molecule has 6 nitrogen and oxygen atoms in total. The summed E-state index contributed by atoms with van der Waals surface area (Å²) in [5.74, 6) is 0. The van der Waals surface area contributed by atoms with Crippen molar-refractivity contribution in [3.8, 4) is 0 Å². The highest BCUT2D eigenvalue weighted by molar-refractivity contribution is 5.90. The number of urea groups is 1. The highest BCUT2D eigenvalue weighted by Crippen LogP contribution is 2.31. The summed E-state index contributed by atoms with van der Waals surface area (Å²) in [6.07, 6.45) is 2.61. The van der Waals surface area contributed by atoms with Crippen LogP contribution in [0.3, 0.4) is 0 Å². The quantitative estimate of drug-likeness (QED) is 0.587. The molecule has 2 aliphatic rings. The number of hydrogen-bond acceptors (Lipinski definition) is 4. The summed E-state index contributed by atoms with van der Waals surface area (Å²) in [4.78, 5) is 12.2.